The topological polar surface area (TPSA) is 83.3 Å². The molecule has 0 unspecified atom stereocenters. The van der Waals surface area contributed by atoms with Crippen LogP contribution >= 0.6 is 23.7 Å². The van der Waals surface area contributed by atoms with E-state index < -0.39 is 0 Å². The summed E-state index contributed by atoms with van der Waals surface area (Å²) in [6, 6.07) is 8.67. The number of nitrogens with one attached hydrogen (secondary N) is 2. The van der Waals surface area contributed by atoms with Crippen LogP contribution in [0.4, 0.5) is 11.4 Å². The van der Waals surface area contributed by atoms with E-state index in [0.717, 1.165) is 62.1 Å². The van der Waals surface area contributed by atoms with Crippen LogP contribution in [0.2, 0.25) is 0 Å². The molecule has 5 rings (SSSR count). The number of piperazine rings is 1. The Morgan fingerprint density at radius 3 is 2.74 bits per heavy atom. The van der Waals surface area contributed by atoms with Crippen LogP contribution < -0.4 is 21.3 Å². The second-order valence-corrected chi connectivity index (χ2v) is 9.05. The number of pyridine rings is 1. The van der Waals surface area contributed by atoms with Gasteiger partial charge in [-0.1, -0.05) is 12.1 Å². The number of carbonyl (C=O) groups excluding carboxylic acids is 1. The fourth-order valence-corrected chi connectivity index (χ4v) is 5.52. The van der Waals surface area contributed by atoms with Crippen molar-refractivity contribution >= 4 is 51.2 Å². The Balaban J connectivity index is 0.00000231. The van der Waals surface area contributed by atoms with Gasteiger partial charge in [-0.3, -0.25) is 4.79 Å². The molecule has 2 aliphatic rings. The van der Waals surface area contributed by atoms with Crippen molar-refractivity contribution in [2.75, 3.05) is 43.4 Å². The number of amides is 1. The lowest BCUT2D eigenvalue weighted by molar-refractivity contribution is 0.0959. The number of hydrogen-bond donors (Lipinski definition) is 3. The molecule has 8 heteroatoms. The predicted molar refractivity (Wildman–Crippen MR) is 131 cm³/mol. The highest BCUT2D eigenvalue weighted by Gasteiger charge is 2.23. The number of rotatable bonds is 5. The summed E-state index contributed by atoms with van der Waals surface area (Å²) in [6.07, 6.45) is 5.97. The van der Waals surface area contributed by atoms with Gasteiger partial charge < -0.3 is 21.3 Å². The molecule has 1 aromatic carbocycles. The van der Waals surface area contributed by atoms with Gasteiger partial charge in [0.15, 0.2) is 0 Å². The lowest BCUT2D eigenvalue weighted by Crippen LogP contribution is -2.43. The van der Waals surface area contributed by atoms with Crippen LogP contribution in [0, 0.1) is 0 Å². The van der Waals surface area contributed by atoms with Gasteiger partial charge in [-0.05, 0) is 54.5 Å². The van der Waals surface area contributed by atoms with Gasteiger partial charge in [0.25, 0.3) is 5.91 Å². The third kappa shape index (κ3) is 4.35. The third-order valence-corrected chi connectivity index (χ3v) is 7.26. The molecule has 0 bridgehead atoms. The summed E-state index contributed by atoms with van der Waals surface area (Å²) in [5, 5.41) is 7.42. The van der Waals surface area contributed by atoms with Crippen molar-refractivity contribution in [3.05, 3.63) is 52.0 Å². The minimum Gasteiger partial charge on any atom is -0.397 e. The Bertz CT molecular complexity index is 1080. The number of halogens is 1. The normalized spacial score (nSPS) is 15.5. The van der Waals surface area contributed by atoms with Gasteiger partial charge in [0.2, 0.25) is 0 Å². The Morgan fingerprint density at radius 2 is 1.97 bits per heavy atom. The average molecular weight is 458 g/mol. The van der Waals surface area contributed by atoms with Gasteiger partial charge in [-0.15, -0.1) is 23.7 Å². The fraction of sp³-hybridized carbons (Fsp3) is 0.391. The second-order valence-electron chi connectivity index (χ2n) is 8.05. The summed E-state index contributed by atoms with van der Waals surface area (Å²) in [4.78, 5) is 21.2. The number of nitrogens with two attached hydrogens (primary N) is 1. The smallest absolute Gasteiger partial charge is 0.263 e. The molecule has 3 heterocycles. The molecule has 0 spiro atoms. The van der Waals surface area contributed by atoms with Crippen molar-refractivity contribution in [1.29, 1.82) is 0 Å². The van der Waals surface area contributed by atoms with Crippen LogP contribution in [0.3, 0.4) is 0 Å². The zero-order valence-electron chi connectivity index (χ0n) is 17.4. The minimum absolute atomic E-state index is 0. The zero-order chi connectivity index (χ0) is 20.5. The van der Waals surface area contributed by atoms with E-state index in [2.05, 4.69) is 44.8 Å². The molecule has 1 saturated heterocycles. The van der Waals surface area contributed by atoms with E-state index in [9.17, 15) is 4.79 Å². The van der Waals surface area contributed by atoms with Gasteiger partial charge in [-0.25, -0.2) is 4.98 Å². The highest BCUT2D eigenvalue weighted by Crippen LogP contribution is 2.38. The van der Waals surface area contributed by atoms with E-state index in [0.29, 0.717) is 17.1 Å². The molecule has 0 atom stereocenters. The fourth-order valence-electron chi connectivity index (χ4n) is 4.51. The van der Waals surface area contributed by atoms with Crippen molar-refractivity contribution in [3.8, 4) is 0 Å². The number of anilines is 2. The third-order valence-electron chi connectivity index (χ3n) is 6.15. The Morgan fingerprint density at radius 1 is 1.19 bits per heavy atom. The quantitative estimate of drug-likeness (QED) is 0.548. The molecule has 4 N–H and O–H groups in total. The highest BCUT2D eigenvalue weighted by atomic mass is 35.5. The van der Waals surface area contributed by atoms with Crippen molar-refractivity contribution in [1.82, 2.24) is 15.6 Å². The summed E-state index contributed by atoms with van der Waals surface area (Å²) >= 11 is 1.40. The Kier molecular flexibility index (Phi) is 6.65. The first-order valence-corrected chi connectivity index (χ1v) is 11.5. The standard InChI is InChI=1S/C23H27N5OS.ClH/c24-20-19-18-3-1-2-16(18)14-27-23(19)30-21(20)22(29)26-9-8-15-4-6-17(7-5-15)28-12-10-25-11-13-28;/h4-7,14,25H,1-3,8-13,24H2,(H,26,29);1H. The number of carbonyl (C=O) groups is 1. The molecular formula is C23H28ClN5OS. The van der Waals surface area contributed by atoms with E-state index in [1.54, 1.807) is 0 Å². The average Bonchev–Trinajstić information content (AvgIpc) is 3.39. The van der Waals surface area contributed by atoms with Crippen LogP contribution in [0.5, 0.6) is 0 Å². The maximum Gasteiger partial charge on any atom is 0.263 e. The van der Waals surface area contributed by atoms with E-state index in [4.69, 9.17) is 5.73 Å². The monoisotopic (exact) mass is 457 g/mol. The SMILES string of the molecule is Cl.Nc1c(C(=O)NCCc2ccc(N3CCNCC3)cc2)sc2ncc3c(c12)CCC3. The van der Waals surface area contributed by atoms with Gasteiger partial charge >= 0.3 is 0 Å². The largest absolute Gasteiger partial charge is 0.397 e. The first-order valence-electron chi connectivity index (χ1n) is 10.7. The lowest BCUT2D eigenvalue weighted by Gasteiger charge is -2.29. The van der Waals surface area contributed by atoms with E-state index in [-0.39, 0.29) is 18.3 Å². The minimum atomic E-state index is -0.0975. The van der Waals surface area contributed by atoms with Crippen molar-refractivity contribution in [2.45, 2.75) is 25.7 Å². The number of thiophene rings is 1. The zero-order valence-corrected chi connectivity index (χ0v) is 19.1. The molecule has 1 fully saturated rings. The maximum atomic E-state index is 12.8. The number of fused-ring (bicyclic) bond motifs is 3. The van der Waals surface area contributed by atoms with Gasteiger partial charge in [0, 0.05) is 50.0 Å². The Labute approximate surface area is 192 Å². The number of nitrogen functional groups attached to an aromatic ring is 1. The summed E-state index contributed by atoms with van der Waals surface area (Å²) < 4.78 is 0. The van der Waals surface area contributed by atoms with Crippen LogP contribution in [0.15, 0.2) is 30.5 Å². The summed E-state index contributed by atoms with van der Waals surface area (Å²) in [5.74, 6) is -0.0975. The molecule has 1 aliphatic carbocycles. The maximum absolute atomic E-state index is 12.8. The summed E-state index contributed by atoms with van der Waals surface area (Å²) in [7, 11) is 0. The van der Waals surface area contributed by atoms with Crippen molar-refractivity contribution in [2.24, 2.45) is 0 Å². The molecule has 1 aliphatic heterocycles. The number of hydrogen-bond acceptors (Lipinski definition) is 6. The number of aryl methyl sites for hydroxylation is 2. The number of aromatic nitrogens is 1. The van der Waals surface area contributed by atoms with Crippen LogP contribution in [-0.2, 0) is 19.3 Å². The van der Waals surface area contributed by atoms with E-state index in [1.165, 1.54) is 33.7 Å². The van der Waals surface area contributed by atoms with Gasteiger partial charge in [0.1, 0.15) is 9.71 Å². The lowest BCUT2D eigenvalue weighted by atomic mass is 10.1. The van der Waals surface area contributed by atoms with E-state index >= 15 is 0 Å². The molecule has 164 valence electrons. The van der Waals surface area contributed by atoms with Crippen LogP contribution in [0.1, 0.15) is 32.8 Å². The van der Waals surface area contributed by atoms with Crippen molar-refractivity contribution in [3.63, 3.8) is 0 Å². The van der Waals surface area contributed by atoms with E-state index in [1.807, 2.05) is 6.20 Å². The number of nitrogens with zero attached hydrogens (tertiary/aromatic N) is 2. The molecule has 1 amide bonds. The Hall–Kier alpha value is -2.35. The van der Waals surface area contributed by atoms with Gasteiger partial charge in [0.05, 0.1) is 5.69 Å². The van der Waals surface area contributed by atoms with Crippen molar-refractivity contribution < 1.29 is 4.79 Å². The van der Waals surface area contributed by atoms with Gasteiger partial charge in [-0.2, -0.15) is 0 Å². The van der Waals surface area contributed by atoms with Crippen LogP contribution in [-0.4, -0.2) is 43.6 Å². The molecule has 0 saturated carbocycles. The first kappa shape index (κ1) is 21.9. The molecular weight excluding hydrogens is 430 g/mol. The first-order chi connectivity index (χ1) is 14.7. The molecule has 3 aromatic rings. The highest BCUT2D eigenvalue weighted by molar-refractivity contribution is 7.21. The second kappa shape index (κ2) is 9.42. The molecule has 2 aromatic heterocycles. The van der Waals surface area contributed by atoms with Crippen LogP contribution in [0.25, 0.3) is 10.2 Å². The predicted octanol–water partition coefficient (Wildman–Crippen LogP) is 3.17. The summed E-state index contributed by atoms with van der Waals surface area (Å²) in [6.45, 7) is 4.75. The number of benzene rings is 1. The molecule has 6 nitrogen and oxygen atoms in total. The molecule has 0 radical (unpaired) electrons. The summed E-state index contributed by atoms with van der Waals surface area (Å²) in [5.41, 5.74) is 12.0. The molecule has 31 heavy (non-hydrogen) atoms.